The summed E-state index contributed by atoms with van der Waals surface area (Å²) in [7, 11) is 0. The van der Waals surface area contributed by atoms with E-state index in [2.05, 4.69) is 4.90 Å². The summed E-state index contributed by atoms with van der Waals surface area (Å²) in [6.45, 7) is 4.20. The average molecular weight is 240 g/mol. The summed E-state index contributed by atoms with van der Waals surface area (Å²) in [5.41, 5.74) is 5.23. The zero-order valence-electron chi connectivity index (χ0n) is 10.6. The van der Waals surface area contributed by atoms with E-state index in [0.29, 0.717) is 18.4 Å². The molecule has 2 saturated heterocycles. The van der Waals surface area contributed by atoms with Crippen LogP contribution in [0.5, 0.6) is 0 Å². The van der Waals surface area contributed by atoms with Gasteiger partial charge in [0.15, 0.2) is 0 Å². The van der Waals surface area contributed by atoms with Gasteiger partial charge >= 0.3 is 0 Å². The Balaban J connectivity index is 1.66. The van der Waals surface area contributed by atoms with Crippen LogP contribution in [0.1, 0.15) is 38.5 Å². The molecule has 0 saturated carbocycles. The van der Waals surface area contributed by atoms with Crippen molar-refractivity contribution in [2.45, 2.75) is 44.6 Å². The highest BCUT2D eigenvalue weighted by molar-refractivity contribution is 5.73. The van der Waals surface area contributed by atoms with Gasteiger partial charge in [-0.2, -0.15) is 0 Å². The van der Waals surface area contributed by atoms with Crippen LogP contribution in [0.2, 0.25) is 0 Å². The summed E-state index contributed by atoms with van der Waals surface area (Å²) in [6, 6.07) is 0. The Labute approximate surface area is 103 Å². The molecule has 98 valence electrons. The first-order chi connectivity index (χ1) is 8.24. The highest BCUT2D eigenvalue weighted by Gasteiger charge is 2.23. The standard InChI is InChI=1S/C13H24N2O2/c14-13(16)9-11-4-6-15(7-5-11)10-12-3-1-2-8-17-12/h11-12H,1-10H2,(H2,14,16). The molecule has 0 aromatic heterocycles. The lowest BCUT2D eigenvalue weighted by Gasteiger charge is -2.35. The van der Waals surface area contributed by atoms with Crippen LogP contribution in [0.15, 0.2) is 0 Å². The Morgan fingerprint density at radius 2 is 2.00 bits per heavy atom. The number of rotatable bonds is 4. The molecule has 1 amide bonds. The summed E-state index contributed by atoms with van der Waals surface area (Å²) in [5, 5.41) is 0. The molecule has 0 bridgehead atoms. The zero-order valence-corrected chi connectivity index (χ0v) is 10.6. The van der Waals surface area contributed by atoms with Crippen LogP contribution in [0.25, 0.3) is 0 Å². The number of hydrogen-bond acceptors (Lipinski definition) is 3. The van der Waals surface area contributed by atoms with Crippen LogP contribution in [-0.4, -0.2) is 43.2 Å². The van der Waals surface area contributed by atoms with E-state index in [4.69, 9.17) is 10.5 Å². The Hall–Kier alpha value is -0.610. The SMILES string of the molecule is NC(=O)CC1CCN(CC2CCCCO2)CC1. The minimum absolute atomic E-state index is 0.154. The van der Waals surface area contributed by atoms with Crippen LogP contribution in [0, 0.1) is 5.92 Å². The zero-order chi connectivity index (χ0) is 12.1. The molecule has 4 nitrogen and oxygen atoms in total. The second kappa shape index (κ2) is 6.36. The van der Waals surface area contributed by atoms with Crippen LogP contribution in [0.3, 0.4) is 0 Å². The summed E-state index contributed by atoms with van der Waals surface area (Å²) in [5.74, 6) is 0.357. The van der Waals surface area contributed by atoms with Gasteiger partial charge in [-0.25, -0.2) is 0 Å². The first kappa shape index (κ1) is 12.8. The number of hydrogen-bond donors (Lipinski definition) is 1. The van der Waals surface area contributed by atoms with Crippen molar-refractivity contribution in [3.63, 3.8) is 0 Å². The summed E-state index contributed by atoms with van der Waals surface area (Å²) in [4.78, 5) is 13.3. The third-order valence-corrected chi connectivity index (χ3v) is 3.93. The van der Waals surface area contributed by atoms with Gasteiger partial charge in [0.25, 0.3) is 0 Å². The van der Waals surface area contributed by atoms with Crippen LogP contribution in [0.4, 0.5) is 0 Å². The fourth-order valence-corrected chi connectivity index (χ4v) is 2.90. The molecule has 17 heavy (non-hydrogen) atoms. The molecule has 1 unspecified atom stereocenters. The number of likely N-dealkylation sites (tertiary alicyclic amines) is 1. The molecule has 4 heteroatoms. The second-order valence-electron chi connectivity index (χ2n) is 5.40. The predicted octanol–water partition coefficient (Wildman–Crippen LogP) is 1.14. The van der Waals surface area contributed by atoms with Gasteiger partial charge in [0.1, 0.15) is 0 Å². The molecule has 2 fully saturated rings. The molecular weight excluding hydrogens is 216 g/mol. The van der Waals surface area contributed by atoms with E-state index >= 15 is 0 Å². The molecule has 0 aromatic carbocycles. The molecule has 2 aliphatic rings. The number of amides is 1. The molecule has 1 atom stereocenters. The van der Waals surface area contributed by atoms with E-state index < -0.39 is 0 Å². The normalized spacial score (nSPS) is 28.1. The lowest BCUT2D eigenvalue weighted by Crippen LogP contribution is -2.41. The van der Waals surface area contributed by atoms with Gasteiger partial charge in [-0.05, 0) is 51.1 Å². The molecule has 0 radical (unpaired) electrons. The number of primary amides is 1. The quantitative estimate of drug-likeness (QED) is 0.802. The molecular formula is C13H24N2O2. The second-order valence-corrected chi connectivity index (χ2v) is 5.40. The smallest absolute Gasteiger partial charge is 0.217 e. The van der Waals surface area contributed by atoms with E-state index in [1.807, 2.05) is 0 Å². The van der Waals surface area contributed by atoms with Crippen molar-refractivity contribution in [1.29, 1.82) is 0 Å². The number of ether oxygens (including phenoxy) is 1. The van der Waals surface area contributed by atoms with Crippen molar-refractivity contribution in [2.24, 2.45) is 11.7 Å². The maximum Gasteiger partial charge on any atom is 0.217 e. The fraction of sp³-hybridized carbons (Fsp3) is 0.923. The van der Waals surface area contributed by atoms with Gasteiger partial charge in [0, 0.05) is 19.6 Å². The lowest BCUT2D eigenvalue weighted by molar-refractivity contribution is -0.119. The number of nitrogens with two attached hydrogens (primary N) is 1. The molecule has 2 aliphatic heterocycles. The molecule has 2 N–H and O–H groups in total. The highest BCUT2D eigenvalue weighted by atomic mass is 16.5. The van der Waals surface area contributed by atoms with Gasteiger partial charge < -0.3 is 15.4 Å². The molecule has 0 aromatic rings. The summed E-state index contributed by atoms with van der Waals surface area (Å²) < 4.78 is 5.76. The first-order valence-electron chi connectivity index (χ1n) is 6.86. The third kappa shape index (κ3) is 4.28. The minimum Gasteiger partial charge on any atom is -0.377 e. The van der Waals surface area contributed by atoms with E-state index in [0.717, 1.165) is 39.1 Å². The third-order valence-electron chi connectivity index (χ3n) is 3.93. The Kier molecular flexibility index (Phi) is 4.80. The van der Waals surface area contributed by atoms with Gasteiger partial charge in [-0.3, -0.25) is 4.79 Å². The van der Waals surface area contributed by atoms with E-state index in [1.165, 1.54) is 19.3 Å². The van der Waals surface area contributed by atoms with Crippen molar-refractivity contribution in [2.75, 3.05) is 26.2 Å². The largest absolute Gasteiger partial charge is 0.377 e. The molecule has 2 rings (SSSR count). The fourth-order valence-electron chi connectivity index (χ4n) is 2.90. The summed E-state index contributed by atoms with van der Waals surface area (Å²) in [6.07, 6.45) is 6.96. The van der Waals surface area contributed by atoms with Crippen molar-refractivity contribution < 1.29 is 9.53 Å². The average Bonchev–Trinajstić information content (AvgIpc) is 2.32. The molecule has 2 heterocycles. The Morgan fingerprint density at radius 3 is 2.59 bits per heavy atom. The van der Waals surface area contributed by atoms with Crippen LogP contribution < -0.4 is 5.73 Å². The Morgan fingerprint density at radius 1 is 1.24 bits per heavy atom. The highest BCUT2D eigenvalue weighted by Crippen LogP contribution is 2.22. The number of piperidine rings is 1. The minimum atomic E-state index is -0.154. The van der Waals surface area contributed by atoms with Crippen molar-refractivity contribution in [1.82, 2.24) is 4.90 Å². The van der Waals surface area contributed by atoms with Gasteiger partial charge in [-0.1, -0.05) is 0 Å². The van der Waals surface area contributed by atoms with E-state index in [-0.39, 0.29) is 5.91 Å². The van der Waals surface area contributed by atoms with Crippen molar-refractivity contribution in [3.8, 4) is 0 Å². The number of nitrogens with zero attached hydrogens (tertiary/aromatic N) is 1. The first-order valence-corrected chi connectivity index (χ1v) is 6.86. The van der Waals surface area contributed by atoms with Crippen LogP contribution in [-0.2, 0) is 9.53 Å². The maximum atomic E-state index is 10.9. The van der Waals surface area contributed by atoms with E-state index in [1.54, 1.807) is 0 Å². The number of carbonyl (C=O) groups is 1. The monoisotopic (exact) mass is 240 g/mol. The lowest BCUT2D eigenvalue weighted by atomic mass is 9.93. The molecule has 0 aliphatic carbocycles. The predicted molar refractivity (Wildman–Crippen MR) is 66.6 cm³/mol. The van der Waals surface area contributed by atoms with Gasteiger partial charge in [-0.15, -0.1) is 0 Å². The maximum absolute atomic E-state index is 10.9. The molecule has 0 spiro atoms. The van der Waals surface area contributed by atoms with Gasteiger partial charge in [0.2, 0.25) is 5.91 Å². The van der Waals surface area contributed by atoms with Crippen LogP contribution >= 0.6 is 0 Å². The van der Waals surface area contributed by atoms with Crippen molar-refractivity contribution in [3.05, 3.63) is 0 Å². The Bertz CT molecular complexity index is 244. The van der Waals surface area contributed by atoms with E-state index in [9.17, 15) is 4.79 Å². The number of carbonyl (C=O) groups excluding carboxylic acids is 1. The topological polar surface area (TPSA) is 55.6 Å². The summed E-state index contributed by atoms with van der Waals surface area (Å²) >= 11 is 0. The van der Waals surface area contributed by atoms with Gasteiger partial charge in [0.05, 0.1) is 6.10 Å². The van der Waals surface area contributed by atoms with Crippen molar-refractivity contribution >= 4 is 5.91 Å².